The molecule has 0 heterocycles. The maximum atomic E-state index is 13.5. The Bertz CT molecular complexity index is 703. The van der Waals surface area contributed by atoms with E-state index in [9.17, 15) is 9.18 Å². The highest BCUT2D eigenvalue weighted by Crippen LogP contribution is 2.13. The fourth-order valence-electron chi connectivity index (χ4n) is 2.29. The third kappa shape index (κ3) is 5.35. The molecular formula is C19H24FN3O. The van der Waals surface area contributed by atoms with Crippen molar-refractivity contribution in [1.29, 1.82) is 0 Å². The van der Waals surface area contributed by atoms with E-state index < -0.39 is 0 Å². The number of nitrogens with one attached hydrogen (secondary N) is 2. The van der Waals surface area contributed by atoms with E-state index in [-0.39, 0.29) is 11.8 Å². The molecule has 0 saturated heterocycles. The van der Waals surface area contributed by atoms with Crippen molar-refractivity contribution < 1.29 is 9.18 Å². The molecule has 0 bridgehead atoms. The summed E-state index contributed by atoms with van der Waals surface area (Å²) in [6.07, 6.45) is 0. The number of urea groups is 1. The van der Waals surface area contributed by atoms with Crippen molar-refractivity contribution in [2.24, 2.45) is 0 Å². The Kier molecular flexibility index (Phi) is 6.32. The van der Waals surface area contributed by atoms with Crippen LogP contribution in [0.5, 0.6) is 0 Å². The molecule has 2 N–H and O–H groups in total. The standard InChI is InChI=1S/C19H24FN3O/c1-4-23(3)13-16-7-5-6-15(10-16)12-21-19(24)22-17-9-8-14(2)18(20)11-17/h5-11H,4,12-13H2,1-3H3,(H2,21,22,24). The number of carbonyl (C=O) groups is 1. The zero-order chi connectivity index (χ0) is 17.5. The van der Waals surface area contributed by atoms with Gasteiger partial charge in [-0.05, 0) is 49.3 Å². The molecule has 2 aromatic carbocycles. The van der Waals surface area contributed by atoms with Gasteiger partial charge >= 0.3 is 6.03 Å². The van der Waals surface area contributed by atoms with Gasteiger partial charge < -0.3 is 15.5 Å². The van der Waals surface area contributed by atoms with Gasteiger partial charge in [0, 0.05) is 18.8 Å². The highest BCUT2D eigenvalue weighted by Gasteiger charge is 2.05. The smallest absolute Gasteiger partial charge is 0.319 e. The van der Waals surface area contributed by atoms with Crippen LogP contribution in [0.4, 0.5) is 14.9 Å². The second kappa shape index (κ2) is 8.45. The van der Waals surface area contributed by atoms with Gasteiger partial charge in [-0.25, -0.2) is 9.18 Å². The summed E-state index contributed by atoms with van der Waals surface area (Å²) in [5, 5.41) is 5.43. The molecule has 2 rings (SSSR count). The van der Waals surface area contributed by atoms with Crippen molar-refractivity contribution >= 4 is 11.7 Å². The lowest BCUT2D eigenvalue weighted by molar-refractivity contribution is 0.251. The predicted octanol–water partition coefficient (Wildman–Crippen LogP) is 3.91. The molecule has 0 aliphatic rings. The zero-order valence-corrected chi connectivity index (χ0v) is 14.4. The number of hydrogen-bond acceptors (Lipinski definition) is 2. The van der Waals surface area contributed by atoms with Crippen LogP contribution in [0.25, 0.3) is 0 Å². The Hall–Kier alpha value is -2.40. The van der Waals surface area contributed by atoms with Crippen LogP contribution in [-0.4, -0.2) is 24.5 Å². The van der Waals surface area contributed by atoms with Gasteiger partial charge in [0.05, 0.1) is 0 Å². The van der Waals surface area contributed by atoms with Gasteiger partial charge in [-0.1, -0.05) is 37.3 Å². The van der Waals surface area contributed by atoms with Crippen LogP contribution in [0.2, 0.25) is 0 Å². The van der Waals surface area contributed by atoms with Crippen LogP contribution in [0.1, 0.15) is 23.6 Å². The molecule has 4 nitrogen and oxygen atoms in total. The molecule has 0 atom stereocenters. The van der Waals surface area contributed by atoms with Gasteiger partial charge in [0.2, 0.25) is 0 Å². The SMILES string of the molecule is CCN(C)Cc1cccc(CNC(=O)Nc2ccc(C)c(F)c2)c1. The summed E-state index contributed by atoms with van der Waals surface area (Å²) in [6.45, 7) is 6.08. The third-order valence-electron chi connectivity index (χ3n) is 3.87. The first-order valence-electron chi connectivity index (χ1n) is 8.05. The van der Waals surface area contributed by atoms with E-state index >= 15 is 0 Å². The molecule has 24 heavy (non-hydrogen) atoms. The Morgan fingerprint density at radius 2 is 1.92 bits per heavy atom. The van der Waals surface area contributed by atoms with E-state index in [1.165, 1.54) is 11.6 Å². The van der Waals surface area contributed by atoms with Crippen LogP contribution >= 0.6 is 0 Å². The van der Waals surface area contributed by atoms with Gasteiger partial charge in [-0.2, -0.15) is 0 Å². The first-order valence-corrected chi connectivity index (χ1v) is 8.05. The maximum absolute atomic E-state index is 13.5. The van der Waals surface area contributed by atoms with Crippen molar-refractivity contribution in [3.63, 3.8) is 0 Å². The van der Waals surface area contributed by atoms with E-state index in [2.05, 4.69) is 41.6 Å². The highest BCUT2D eigenvalue weighted by atomic mass is 19.1. The minimum atomic E-state index is -0.352. The average Bonchev–Trinajstić information content (AvgIpc) is 2.56. The summed E-state index contributed by atoms with van der Waals surface area (Å²) in [6, 6.07) is 12.4. The quantitative estimate of drug-likeness (QED) is 0.844. The fourth-order valence-corrected chi connectivity index (χ4v) is 2.29. The van der Waals surface area contributed by atoms with Crippen LogP contribution in [0.15, 0.2) is 42.5 Å². The molecule has 0 aromatic heterocycles. The lowest BCUT2D eigenvalue weighted by Crippen LogP contribution is -2.28. The second-order valence-corrected chi connectivity index (χ2v) is 5.92. The van der Waals surface area contributed by atoms with Crippen molar-refractivity contribution in [2.45, 2.75) is 26.9 Å². The lowest BCUT2D eigenvalue weighted by Gasteiger charge is -2.14. The van der Waals surface area contributed by atoms with Gasteiger partial charge in [0.15, 0.2) is 0 Å². The van der Waals surface area contributed by atoms with Crippen molar-refractivity contribution in [2.75, 3.05) is 18.9 Å². The first-order chi connectivity index (χ1) is 11.5. The topological polar surface area (TPSA) is 44.4 Å². The number of rotatable bonds is 6. The Balaban J connectivity index is 1.89. The van der Waals surface area contributed by atoms with Crippen LogP contribution in [0.3, 0.4) is 0 Å². The maximum Gasteiger partial charge on any atom is 0.319 e. The van der Waals surface area contributed by atoms with Gasteiger partial charge in [-0.15, -0.1) is 0 Å². The summed E-state index contributed by atoms with van der Waals surface area (Å²) in [4.78, 5) is 14.2. The number of carbonyl (C=O) groups excluding carboxylic acids is 1. The van der Waals surface area contributed by atoms with E-state index in [0.717, 1.165) is 18.7 Å². The van der Waals surface area contributed by atoms with Crippen LogP contribution < -0.4 is 10.6 Å². The molecule has 0 saturated carbocycles. The number of nitrogens with zero attached hydrogens (tertiary/aromatic N) is 1. The summed E-state index contributed by atoms with van der Waals surface area (Å²) in [7, 11) is 2.07. The predicted molar refractivity (Wildman–Crippen MR) is 95.4 cm³/mol. The molecule has 2 amide bonds. The average molecular weight is 329 g/mol. The van der Waals surface area contributed by atoms with Crippen molar-refractivity contribution in [3.05, 3.63) is 65.0 Å². The van der Waals surface area contributed by atoms with E-state index in [1.54, 1.807) is 19.1 Å². The van der Waals surface area contributed by atoms with Crippen molar-refractivity contribution in [1.82, 2.24) is 10.2 Å². The molecule has 0 spiro atoms. The number of aryl methyl sites for hydroxylation is 1. The second-order valence-electron chi connectivity index (χ2n) is 5.92. The molecule has 5 heteroatoms. The van der Waals surface area contributed by atoms with Crippen LogP contribution in [0, 0.1) is 12.7 Å². The van der Waals surface area contributed by atoms with Gasteiger partial charge in [0.25, 0.3) is 0 Å². The minimum Gasteiger partial charge on any atom is -0.334 e. The summed E-state index contributed by atoms with van der Waals surface area (Å²) in [5.74, 6) is -0.333. The van der Waals surface area contributed by atoms with Gasteiger partial charge in [-0.3, -0.25) is 0 Å². The van der Waals surface area contributed by atoms with E-state index in [4.69, 9.17) is 0 Å². The molecule has 0 radical (unpaired) electrons. The number of amides is 2. The lowest BCUT2D eigenvalue weighted by atomic mass is 10.1. The van der Waals surface area contributed by atoms with Crippen molar-refractivity contribution in [3.8, 4) is 0 Å². The van der Waals surface area contributed by atoms with Gasteiger partial charge in [0.1, 0.15) is 5.82 Å². The monoisotopic (exact) mass is 329 g/mol. The third-order valence-corrected chi connectivity index (χ3v) is 3.87. The molecule has 0 unspecified atom stereocenters. The van der Waals surface area contributed by atoms with Crippen LogP contribution in [-0.2, 0) is 13.1 Å². The minimum absolute atomic E-state index is 0.333. The summed E-state index contributed by atoms with van der Waals surface area (Å²) >= 11 is 0. The Morgan fingerprint density at radius 1 is 1.17 bits per heavy atom. The molecule has 2 aromatic rings. The number of benzene rings is 2. The Morgan fingerprint density at radius 3 is 2.62 bits per heavy atom. The largest absolute Gasteiger partial charge is 0.334 e. The molecule has 0 aliphatic carbocycles. The first kappa shape index (κ1) is 17.9. The number of anilines is 1. The van der Waals surface area contributed by atoms with E-state index in [1.807, 2.05) is 12.1 Å². The number of hydrogen-bond donors (Lipinski definition) is 2. The molecule has 0 fully saturated rings. The molecular weight excluding hydrogens is 305 g/mol. The summed E-state index contributed by atoms with van der Waals surface area (Å²) < 4.78 is 13.5. The zero-order valence-electron chi connectivity index (χ0n) is 14.4. The fraction of sp³-hybridized carbons (Fsp3) is 0.316. The van der Waals surface area contributed by atoms with E-state index in [0.29, 0.717) is 17.8 Å². The Labute approximate surface area is 142 Å². The molecule has 0 aliphatic heterocycles. The normalized spacial score (nSPS) is 10.7. The number of halogens is 1. The molecule has 128 valence electrons. The summed E-state index contributed by atoms with van der Waals surface area (Å²) in [5.41, 5.74) is 3.23. The highest BCUT2D eigenvalue weighted by molar-refractivity contribution is 5.89.